The lowest BCUT2D eigenvalue weighted by Gasteiger charge is -1.53. The van der Waals surface area contributed by atoms with E-state index >= 15 is 0 Å². The van der Waals surface area contributed by atoms with Crippen molar-refractivity contribution in [1.29, 1.82) is 0 Å². The quantitative estimate of drug-likeness (QED) is 0.442. The molecule has 0 atom stereocenters. The standard InChI is InChI=1S/C2H7N.C2H6S/c2*1-2-3/h2-3H2,1H3;3H,2H2,1H3. The van der Waals surface area contributed by atoms with Crippen molar-refractivity contribution >= 4 is 12.6 Å². The maximum atomic E-state index is 4.85. The van der Waals surface area contributed by atoms with Crippen LogP contribution in [-0.2, 0) is 0 Å². The average Bonchev–Trinajstić information content (AvgIpc) is 1.39. The van der Waals surface area contributed by atoms with Crippen LogP contribution in [0.5, 0.6) is 0 Å². The summed E-state index contributed by atoms with van der Waals surface area (Å²) in [6.45, 7) is 4.64. The zero-order valence-corrected chi connectivity index (χ0v) is 5.33. The van der Waals surface area contributed by atoms with Crippen LogP contribution < -0.4 is 5.73 Å². The number of nitrogens with two attached hydrogens (primary N) is 1. The predicted molar refractivity (Wildman–Crippen MR) is 34.3 cm³/mol. The molecule has 0 aromatic carbocycles. The van der Waals surface area contributed by atoms with Crippen LogP contribution in [0, 0.1) is 0 Å². The van der Waals surface area contributed by atoms with E-state index < -0.39 is 0 Å². The van der Waals surface area contributed by atoms with Crippen LogP contribution in [0.3, 0.4) is 0 Å². The summed E-state index contributed by atoms with van der Waals surface area (Å²) in [5, 5.41) is 0. The Bertz CT molecular complexity index is 9.51. The van der Waals surface area contributed by atoms with Gasteiger partial charge < -0.3 is 5.73 Å². The van der Waals surface area contributed by atoms with E-state index in [0.29, 0.717) is 0 Å². The largest absolute Gasteiger partial charge is 0.331 e. The van der Waals surface area contributed by atoms with E-state index in [1.54, 1.807) is 0 Å². The van der Waals surface area contributed by atoms with Gasteiger partial charge in [0, 0.05) is 0 Å². The summed E-state index contributed by atoms with van der Waals surface area (Å²) in [5.41, 5.74) is 4.85. The third-order valence-corrected chi connectivity index (χ3v) is 0. The number of hydrogen-bond donors (Lipinski definition) is 2. The molecular weight excluding hydrogens is 94.1 g/mol. The van der Waals surface area contributed by atoms with E-state index in [1.807, 2.05) is 13.8 Å². The van der Waals surface area contributed by atoms with Crippen LogP contribution in [0.2, 0.25) is 0 Å². The number of rotatable bonds is 0. The van der Waals surface area contributed by atoms with Crippen LogP contribution in [0.25, 0.3) is 0 Å². The van der Waals surface area contributed by atoms with E-state index in [-0.39, 0.29) is 0 Å². The van der Waals surface area contributed by atoms with Gasteiger partial charge in [0.25, 0.3) is 0 Å². The summed E-state index contributed by atoms with van der Waals surface area (Å²) in [6, 6.07) is 0. The SMILES string of the molecule is CCN.CCS. The van der Waals surface area contributed by atoms with Gasteiger partial charge >= 0.3 is 0 Å². The van der Waals surface area contributed by atoms with Gasteiger partial charge in [0.05, 0.1) is 0 Å². The highest BCUT2D eigenvalue weighted by atomic mass is 32.1. The highest BCUT2D eigenvalue weighted by Gasteiger charge is 1.35. The Morgan fingerprint density at radius 3 is 1.50 bits per heavy atom. The Morgan fingerprint density at radius 2 is 1.50 bits per heavy atom. The molecule has 0 aromatic rings. The van der Waals surface area contributed by atoms with Crippen LogP contribution >= 0.6 is 12.6 Å². The average molecular weight is 107 g/mol. The second-order valence-corrected chi connectivity index (χ2v) is 1.36. The smallest absolute Gasteiger partial charge is 0.0106 e. The summed E-state index contributed by atoms with van der Waals surface area (Å²) in [4.78, 5) is 0. The van der Waals surface area contributed by atoms with Crippen molar-refractivity contribution in [3.8, 4) is 0 Å². The van der Waals surface area contributed by atoms with Gasteiger partial charge in [0.1, 0.15) is 0 Å². The lowest BCUT2D eigenvalue weighted by atomic mass is 10.8. The van der Waals surface area contributed by atoms with Crippen molar-refractivity contribution in [2.75, 3.05) is 12.3 Å². The fourth-order valence-electron chi connectivity index (χ4n) is 0. The van der Waals surface area contributed by atoms with Crippen molar-refractivity contribution in [1.82, 2.24) is 0 Å². The minimum atomic E-state index is 0.750. The maximum absolute atomic E-state index is 4.85. The molecule has 1 nitrogen and oxygen atoms in total. The summed E-state index contributed by atoms with van der Waals surface area (Å²) in [5.74, 6) is 0.944. The summed E-state index contributed by atoms with van der Waals surface area (Å²) in [6.07, 6.45) is 0. The summed E-state index contributed by atoms with van der Waals surface area (Å²) < 4.78 is 0. The lowest BCUT2D eigenvalue weighted by molar-refractivity contribution is 1.14. The van der Waals surface area contributed by atoms with E-state index in [9.17, 15) is 0 Å². The molecule has 0 bridgehead atoms. The molecule has 0 spiro atoms. The molecular formula is C4H13NS. The van der Waals surface area contributed by atoms with E-state index in [2.05, 4.69) is 12.6 Å². The molecule has 0 aromatic heterocycles. The zero-order chi connectivity index (χ0) is 5.41. The molecule has 0 aliphatic carbocycles. The molecule has 6 heavy (non-hydrogen) atoms. The second-order valence-electron chi connectivity index (χ2n) is 0.724. The Kier molecular flexibility index (Phi) is 29.5. The van der Waals surface area contributed by atoms with Crippen molar-refractivity contribution < 1.29 is 0 Å². The Labute approximate surface area is 45.3 Å². The van der Waals surface area contributed by atoms with Crippen LogP contribution in [0.1, 0.15) is 13.8 Å². The van der Waals surface area contributed by atoms with Gasteiger partial charge in [-0.2, -0.15) is 12.6 Å². The van der Waals surface area contributed by atoms with Gasteiger partial charge in [0.2, 0.25) is 0 Å². The molecule has 0 rings (SSSR count). The summed E-state index contributed by atoms with van der Waals surface area (Å²) in [7, 11) is 0. The molecule has 2 heteroatoms. The van der Waals surface area contributed by atoms with Gasteiger partial charge in [-0.25, -0.2) is 0 Å². The van der Waals surface area contributed by atoms with E-state index in [1.165, 1.54) is 0 Å². The Balaban J connectivity index is 0. The van der Waals surface area contributed by atoms with Crippen molar-refractivity contribution in [2.24, 2.45) is 5.73 Å². The first-order valence-electron chi connectivity index (χ1n) is 2.14. The molecule has 0 aliphatic rings. The van der Waals surface area contributed by atoms with Gasteiger partial charge in [-0.05, 0) is 12.3 Å². The normalized spacial score (nSPS) is 6.00. The predicted octanol–water partition coefficient (Wildman–Crippen LogP) is 0.901. The molecule has 0 fully saturated rings. The van der Waals surface area contributed by atoms with Crippen molar-refractivity contribution in [2.45, 2.75) is 13.8 Å². The van der Waals surface area contributed by atoms with Gasteiger partial charge in [-0.1, -0.05) is 13.8 Å². The van der Waals surface area contributed by atoms with Crippen LogP contribution in [0.4, 0.5) is 0 Å². The third-order valence-electron chi connectivity index (χ3n) is 0. The van der Waals surface area contributed by atoms with Gasteiger partial charge in [0.15, 0.2) is 0 Å². The first kappa shape index (κ1) is 9.58. The third kappa shape index (κ3) is 491. The highest BCUT2D eigenvalue weighted by Crippen LogP contribution is 1.58. The first-order chi connectivity index (χ1) is 2.83. The van der Waals surface area contributed by atoms with Crippen LogP contribution in [-0.4, -0.2) is 12.3 Å². The monoisotopic (exact) mass is 107 g/mol. The van der Waals surface area contributed by atoms with E-state index in [4.69, 9.17) is 5.73 Å². The molecule has 0 saturated heterocycles. The van der Waals surface area contributed by atoms with Gasteiger partial charge in [-0.3, -0.25) is 0 Å². The highest BCUT2D eigenvalue weighted by molar-refractivity contribution is 7.80. The fraction of sp³-hybridized carbons (Fsp3) is 1.00. The van der Waals surface area contributed by atoms with E-state index in [0.717, 1.165) is 12.3 Å². The zero-order valence-electron chi connectivity index (χ0n) is 4.44. The fourth-order valence-corrected chi connectivity index (χ4v) is 0. The molecule has 0 heterocycles. The molecule has 0 amide bonds. The molecule has 2 N–H and O–H groups in total. The Morgan fingerprint density at radius 1 is 1.50 bits per heavy atom. The molecule has 0 unspecified atom stereocenters. The molecule has 0 saturated carbocycles. The van der Waals surface area contributed by atoms with Crippen molar-refractivity contribution in [3.05, 3.63) is 0 Å². The number of thiol groups is 1. The minimum absolute atomic E-state index is 0.750. The molecule has 0 radical (unpaired) electrons. The van der Waals surface area contributed by atoms with Crippen molar-refractivity contribution in [3.63, 3.8) is 0 Å². The van der Waals surface area contributed by atoms with Crippen LogP contribution in [0.15, 0.2) is 0 Å². The first-order valence-corrected chi connectivity index (χ1v) is 2.77. The maximum Gasteiger partial charge on any atom is -0.0106 e. The molecule has 40 valence electrons. The second kappa shape index (κ2) is 18.5. The topological polar surface area (TPSA) is 26.0 Å². The Hall–Kier alpha value is 0.310. The number of hydrogen-bond acceptors (Lipinski definition) is 2. The van der Waals surface area contributed by atoms with Gasteiger partial charge in [-0.15, -0.1) is 0 Å². The molecule has 0 aliphatic heterocycles. The minimum Gasteiger partial charge on any atom is -0.331 e. The summed E-state index contributed by atoms with van der Waals surface area (Å²) >= 11 is 3.79. The lowest BCUT2D eigenvalue weighted by Crippen LogP contribution is -1.87.